The molecular formula is C22H21F3N4O. The summed E-state index contributed by atoms with van der Waals surface area (Å²) in [4.78, 5) is 16.5. The normalized spacial score (nSPS) is 15.0. The van der Waals surface area contributed by atoms with Crippen molar-refractivity contribution in [3.63, 3.8) is 0 Å². The summed E-state index contributed by atoms with van der Waals surface area (Å²) in [6.07, 6.45) is -3.19. The Morgan fingerprint density at radius 3 is 2.43 bits per heavy atom. The molecule has 30 heavy (non-hydrogen) atoms. The third kappa shape index (κ3) is 5.11. The first kappa shape index (κ1) is 21.2. The second kappa shape index (κ2) is 8.91. The molecule has 5 nitrogen and oxygen atoms in total. The summed E-state index contributed by atoms with van der Waals surface area (Å²) in [5.74, 6) is -0.865. The van der Waals surface area contributed by atoms with Crippen molar-refractivity contribution >= 4 is 17.3 Å². The predicted molar refractivity (Wildman–Crippen MR) is 109 cm³/mol. The number of nitrogens with zero attached hydrogens (tertiary/aromatic N) is 3. The zero-order valence-corrected chi connectivity index (χ0v) is 16.4. The first-order valence-corrected chi connectivity index (χ1v) is 9.43. The maximum Gasteiger partial charge on any atom is 0.418 e. The van der Waals surface area contributed by atoms with Crippen molar-refractivity contribution in [3.8, 4) is 6.07 Å². The SMILES string of the molecule is Cc1cccc(N2CCN(/C=C(/C#N)C(=O)Nc3ccccc3C(F)(F)F)CC2)c1. The number of hydrogen-bond acceptors (Lipinski definition) is 4. The lowest BCUT2D eigenvalue weighted by Crippen LogP contribution is -2.44. The minimum Gasteiger partial charge on any atom is -0.373 e. The fourth-order valence-electron chi connectivity index (χ4n) is 3.28. The van der Waals surface area contributed by atoms with E-state index >= 15 is 0 Å². The first-order chi connectivity index (χ1) is 14.3. The zero-order chi connectivity index (χ0) is 21.7. The Balaban J connectivity index is 1.67. The van der Waals surface area contributed by atoms with E-state index in [0.717, 1.165) is 23.4 Å². The summed E-state index contributed by atoms with van der Waals surface area (Å²) in [6.45, 7) is 4.61. The van der Waals surface area contributed by atoms with Crippen molar-refractivity contribution in [2.75, 3.05) is 36.4 Å². The Morgan fingerprint density at radius 2 is 1.80 bits per heavy atom. The van der Waals surface area contributed by atoms with Gasteiger partial charge < -0.3 is 15.1 Å². The van der Waals surface area contributed by atoms with Crippen LogP contribution in [0.25, 0.3) is 0 Å². The Hall–Kier alpha value is -3.47. The number of anilines is 2. The summed E-state index contributed by atoms with van der Waals surface area (Å²) in [7, 11) is 0. The molecule has 0 atom stereocenters. The highest BCUT2D eigenvalue weighted by Crippen LogP contribution is 2.34. The molecule has 0 spiro atoms. The number of carbonyl (C=O) groups excluding carboxylic acids is 1. The quantitative estimate of drug-likeness (QED) is 0.602. The van der Waals surface area contributed by atoms with Crippen LogP contribution in [0.4, 0.5) is 24.5 Å². The fourth-order valence-corrected chi connectivity index (χ4v) is 3.28. The monoisotopic (exact) mass is 414 g/mol. The minimum atomic E-state index is -4.60. The van der Waals surface area contributed by atoms with Gasteiger partial charge in [-0.25, -0.2) is 0 Å². The minimum absolute atomic E-state index is 0.240. The van der Waals surface area contributed by atoms with Crippen LogP contribution in [-0.2, 0) is 11.0 Å². The van der Waals surface area contributed by atoms with Crippen LogP contribution in [0.5, 0.6) is 0 Å². The molecule has 0 unspecified atom stereocenters. The molecule has 1 N–H and O–H groups in total. The van der Waals surface area contributed by atoms with Gasteiger partial charge in [0.1, 0.15) is 11.6 Å². The summed E-state index contributed by atoms with van der Waals surface area (Å²) in [5.41, 5.74) is 0.705. The molecule has 1 fully saturated rings. The van der Waals surface area contributed by atoms with Crippen LogP contribution in [0, 0.1) is 18.3 Å². The highest BCUT2D eigenvalue weighted by atomic mass is 19.4. The van der Waals surface area contributed by atoms with Crippen LogP contribution in [0.1, 0.15) is 11.1 Å². The zero-order valence-electron chi connectivity index (χ0n) is 16.4. The highest BCUT2D eigenvalue weighted by Gasteiger charge is 2.33. The molecule has 0 aromatic heterocycles. The molecule has 0 radical (unpaired) electrons. The van der Waals surface area contributed by atoms with Crippen LogP contribution in [0.3, 0.4) is 0 Å². The number of carbonyl (C=O) groups is 1. The van der Waals surface area contributed by atoms with Gasteiger partial charge in [-0.05, 0) is 36.8 Å². The van der Waals surface area contributed by atoms with Crippen LogP contribution in [0.15, 0.2) is 60.3 Å². The fraction of sp³-hybridized carbons (Fsp3) is 0.273. The second-order valence-corrected chi connectivity index (χ2v) is 7.01. The molecule has 1 saturated heterocycles. The Bertz CT molecular complexity index is 986. The van der Waals surface area contributed by atoms with E-state index < -0.39 is 17.6 Å². The number of alkyl halides is 3. The van der Waals surface area contributed by atoms with Crippen LogP contribution < -0.4 is 10.2 Å². The van der Waals surface area contributed by atoms with Crippen molar-refractivity contribution in [2.24, 2.45) is 0 Å². The van der Waals surface area contributed by atoms with E-state index in [1.807, 2.05) is 30.0 Å². The number of aryl methyl sites for hydroxylation is 1. The van der Waals surface area contributed by atoms with E-state index in [1.165, 1.54) is 18.3 Å². The number of hydrogen-bond donors (Lipinski definition) is 1. The van der Waals surface area contributed by atoms with Gasteiger partial charge in [-0.3, -0.25) is 4.79 Å². The Kier molecular flexibility index (Phi) is 6.31. The molecule has 0 bridgehead atoms. The maximum absolute atomic E-state index is 13.1. The number of nitrogens with one attached hydrogen (secondary N) is 1. The number of piperazine rings is 1. The molecule has 156 valence electrons. The van der Waals surface area contributed by atoms with E-state index in [-0.39, 0.29) is 11.3 Å². The van der Waals surface area contributed by atoms with Crippen molar-refractivity contribution in [1.82, 2.24) is 4.90 Å². The average molecular weight is 414 g/mol. The predicted octanol–water partition coefficient (Wildman–Crippen LogP) is 4.18. The van der Waals surface area contributed by atoms with Crippen molar-refractivity contribution in [2.45, 2.75) is 13.1 Å². The smallest absolute Gasteiger partial charge is 0.373 e. The summed E-state index contributed by atoms with van der Waals surface area (Å²) in [5, 5.41) is 11.6. The van der Waals surface area contributed by atoms with Gasteiger partial charge >= 0.3 is 6.18 Å². The van der Waals surface area contributed by atoms with E-state index in [0.29, 0.717) is 26.2 Å². The summed E-state index contributed by atoms with van der Waals surface area (Å²) < 4.78 is 39.3. The van der Waals surface area contributed by atoms with Crippen LogP contribution in [0.2, 0.25) is 0 Å². The number of halogens is 3. The number of para-hydroxylation sites is 1. The van der Waals surface area contributed by atoms with Gasteiger partial charge in [-0.2, -0.15) is 18.4 Å². The molecule has 1 aliphatic rings. The van der Waals surface area contributed by atoms with Crippen molar-refractivity contribution in [3.05, 3.63) is 71.4 Å². The number of benzene rings is 2. The van der Waals surface area contributed by atoms with E-state index in [2.05, 4.69) is 16.3 Å². The summed E-state index contributed by atoms with van der Waals surface area (Å²) in [6, 6.07) is 14.6. The molecule has 0 aliphatic carbocycles. The summed E-state index contributed by atoms with van der Waals surface area (Å²) >= 11 is 0. The lowest BCUT2D eigenvalue weighted by atomic mass is 10.1. The maximum atomic E-state index is 13.1. The molecule has 1 heterocycles. The van der Waals surface area contributed by atoms with Crippen molar-refractivity contribution in [1.29, 1.82) is 5.26 Å². The topological polar surface area (TPSA) is 59.4 Å². The van der Waals surface area contributed by atoms with Gasteiger partial charge in [-0.1, -0.05) is 24.3 Å². The third-order valence-corrected chi connectivity index (χ3v) is 4.84. The van der Waals surface area contributed by atoms with Crippen LogP contribution in [-0.4, -0.2) is 37.0 Å². The standard InChI is InChI=1S/C22H21F3N4O/c1-16-5-4-6-18(13-16)29-11-9-28(10-12-29)15-17(14-26)21(30)27-20-8-3-2-7-19(20)22(23,24)25/h2-8,13,15H,9-12H2,1H3,(H,27,30)/b17-15-. The number of rotatable bonds is 4. The van der Waals surface area contributed by atoms with Crippen LogP contribution >= 0.6 is 0 Å². The van der Waals surface area contributed by atoms with E-state index in [9.17, 15) is 23.2 Å². The molecule has 1 aliphatic heterocycles. The van der Waals surface area contributed by atoms with Crippen molar-refractivity contribution < 1.29 is 18.0 Å². The highest BCUT2D eigenvalue weighted by molar-refractivity contribution is 6.06. The molecular weight excluding hydrogens is 393 g/mol. The number of nitriles is 1. The first-order valence-electron chi connectivity index (χ1n) is 9.43. The number of amides is 1. The second-order valence-electron chi connectivity index (χ2n) is 7.01. The van der Waals surface area contributed by atoms with E-state index in [4.69, 9.17) is 0 Å². The largest absolute Gasteiger partial charge is 0.418 e. The lowest BCUT2D eigenvalue weighted by molar-refractivity contribution is -0.137. The molecule has 3 rings (SSSR count). The molecule has 8 heteroatoms. The van der Waals surface area contributed by atoms with Gasteiger partial charge in [0, 0.05) is 38.1 Å². The Labute approximate surface area is 173 Å². The Morgan fingerprint density at radius 1 is 1.10 bits per heavy atom. The van der Waals surface area contributed by atoms with Gasteiger partial charge in [0.15, 0.2) is 0 Å². The van der Waals surface area contributed by atoms with Gasteiger partial charge in [0.25, 0.3) is 5.91 Å². The molecule has 2 aromatic carbocycles. The lowest BCUT2D eigenvalue weighted by Gasteiger charge is -2.35. The molecule has 2 aromatic rings. The average Bonchev–Trinajstić information content (AvgIpc) is 2.72. The molecule has 0 saturated carbocycles. The molecule has 1 amide bonds. The van der Waals surface area contributed by atoms with Gasteiger partial charge in [0.05, 0.1) is 11.3 Å². The van der Waals surface area contributed by atoms with Gasteiger partial charge in [0.2, 0.25) is 0 Å². The van der Waals surface area contributed by atoms with E-state index in [1.54, 1.807) is 6.07 Å². The third-order valence-electron chi connectivity index (χ3n) is 4.84. The van der Waals surface area contributed by atoms with Gasteiger partial charge in [-0.15, -0.1) is 0 Å².